The van der Waals surface area contributed by atoms with E-state index in [1.54, 1.807) is 6.07 Å². The fourth-order valence-corrected chi connectivity index (χ4v) is 2.16. The number of hydrogen-bond donors (Lipinski definition) is 0. The third kappa shape index (κ3) is 1.55. The molecule has 0 saturated heterocycles. The van der Waals surface area contributed by atoms with Crippen LogP contribution in [0.4, 0.5) is 0 Å². The van der Waals surface area contributed by atoms with Crippen molar-refractivity contribution in [3.63, 3.8) is 0 Å². The standard InChI is InChI=1S/C14H10N2O2/c17-16(18)15-10-9-12-7-4-8-13(14(12)15)11-5-2-1-3-6-11/h1-10H. The second kappa shape index (κ2) is 4.00. The minimum atomic E-state index is -0.408. The van der Waals surface area contributed by atoms with Crippen LogP contribution in [0.2, 0.25) is 0 Å². The van der Waals surface area contributed by atoms with Gasteiger partial charge in [-0.3, -0.25) is 0 Å². The van der Waals surface area contributed by atoms with E-state index < -0.39 is 5.03 Å². The highest BCUT2D eigenvalue weighted by atomic mass is 16.7. The van der Waals surface area contributed by atoms with E-state index in [2.05, 4.69) is 0 Å². The topological polar surface area (TPSA) is 48.1 Å². The molecule has 0 radical (unpaired) electrons. The quantitative estimate of drug-likeness (QED) is 0.507. The Balaban J connectivity index is 2.36. The molecule has 4 nitrogen and oxygen atoms in total. The predicted octanol–water partition coefficient (Wildman–Crippen LogP) is 3.35. The summed E-state index contributed by atoms with van der Waals surface area (Å²) in [6, 6.07) is 17.1. The molecule has 0 aliphatic rings. The van der Waals surface area contributed by atoms with Crippen LogP contribution in [0.15, 0.2) is 60.8 Å². The third-order valence-electron chi connectivity index (χ3n) is 2.95. The minimum Gasteiger partial charge on any atom is -0.234 e. The van der Waals surface area contributed by atoms with Crippen molar-refractivity contribution in [1.29, 1.82) is 0 Å². The highest BCUT2D eigenvalue weighted by molar-refractivity contribution is 5.94. The first kappa shape index (κ1) is 10.5. The van der Waals surface area contributed by atoms with E-state index in [1.807, 2.05) is 48.5 Å². The summed E-state index contributed by atoms with van der Waals surface area (Å²) in [5, 5.41) is 11.5. The van der Waals surface area contributed by atoms with Gasteiger partial charge >= 0.3 is 0 Å². The molecule has 2 aromatic carbocycles. The average molecular weight is 238 g/mol. The number of hydrogen-bond acceptors (Lipinski definition) is 2. The highest BCUT2D eigenvalue weighted by Crippen LogP contribution is 2.29. The number of fused-ring (bicyclic) bond motifs is 1. The summed E-state index contributed by atoms with van der Waals surface area (Å²) in [4.78, 5) is 11.0. The van der Waals surface area contributed by atoms with Gasteiger partial charge in [-0.1, -0.05) is 53.2 Å². The van der Waals surface area contributed by atoms with Gasteiger partial charge in [0.1, 0.15) is 5.52 Å². The lowest BCUT2D eigenvalue weighted by molar-refractivity contribution is -0.537. The summed E-state index contributed by atoms with van der Waals surface area (Å²) in [6.45, 7) is 0. The van der Waals surface area contributed by atoms with Crippen LogP contribution in [0.1, 0.15) is 0 Å². The zero-order valence-corrected chi connectivity index (χ0v) is 9.48. The highest BCUT2D eigenvalue weighted by Gasteiger charge is 2.13. The summed E-state index contributed by atoms with van der Waals surface area (Å²) < 4.78 is 1.07. The van der Waals surface area contributed by atoms with E-state index in [-0.39, 0.29) is 0 Å². The monoisotopic (exact) mass is 238 g/mol. The summed E-state index contributed by atoms with van der Waals surface area (Å²) in [5.74, 6) is 0. The lowest BCUT2D eigenvalue weighted by Gasteiger charge is -2.04. The molecule has 0 spiro atoms. The Morgan fingerprint density at radius 1 is 0.944 bits per heavy atom. The van der Waals surface area contributed by atoms with Crippen LogP contribution in [0, 0.1) is 10.1 Å². The van der Waals surface area contributed by atoms with Crippen molar-refractivity contribution in [3.05, 3.63) is 70.9 Å². The molecule has 4 heteroatoms. The van der Waals surface area contributed by atoms with Crippen LogP contribution in [-0.2, 0) is 0 Å². The molecule has 3 aromatic rings. The van der Waals surface area contributed by atoms with E-state index in [4.69, 9.17) is 0 Å². The molecule has 18 heavy (non-hydrogen) atoms. The predicted molar refractivity (Wildman–Crippen MR) is 69.8 cm³/mol. The maximum absolute atomic E-state index is 11.0. The molecular weight excluding hydrogens is 228 g/mol. The lowest BCUT2D eigenvalue weighted by Crippen LogP contribution is -2.06. The molecule has 0 aliphatic carbocycles. The van der Waals surface area contributed by atoms with E-state index in [0.717, 1.165) is 21.2 Å². The van der Waals surface area contributed by atoms with Crippen LogP contribution in [0.25, 0.3) is 22.0 Å². The molecule has 0 bridgehead atoms. The fourth-order valence-electron chi connectivity index (χ4n) is 2.16. The first-order valence-electron chi connectivity index (χ1n) is 5.57. The van der Waals surface area contributed by atoms with E-state index in [9.17, 15) is 10.1 Å². The second-order valence-electron chi connectivity index (χ2n) is 4.01. The Kier molecular flexibility index (Phi) is 2.34. The van der Waals surface area contributed by atoms with Gasteiger partial charge in [-0.2, -0.15) is 0 Å². The van der Waals surface area contributed by atoms with Crippen molar-refractivity contribution in [1.82, 2.24) is 4.68 Å². The van der Waals surface area contributed by atoms with Gasteiger partial charge in [0.25, 0.3) is 0 Å². The molecule has 1 heterocycles. The van der Waals surface area contributed by atoms with Crippen molar-refractivity contribution in [2.75, 3.05) is 0 Å². The van der Waals surface area contributed by atoms with E-state index in [0.29, 0.717) is 5.52 Å². The van der Waals surface area contributed by atoms with E-state index >= 15 is 0 Å². The van der Waals surface area contributed by atoms with Crippen molar-refractivity contribution in [2.24, 2.45) is 0 Å². The molecule has 0 N–H and O–H groups in total. The Morgan fingerprint density at radius 3 is 2.44 bits per heavy atom. The molecule has 0 atom stereocenters. The molecule has 3 rings (SSSR count). The average Bonchev–Trinajstić information content (AvgIpc) is 2.83. The molecule has 88 valence electrons. The van der Waals surface area contributed by atoms with Gasteiger partial charge in [-0.25, -0.2) is 10.1 Å². The SMILES string of the molecule is O=[N+]([O-])n1ccc2cccc(-c3ccccc3)c21. The van der Waals surface area contributed by atoms with E-state index in [1.165, 1.54) is 6.20 Å². The van der Waals surface area contributed by atoms with Crippen LogP contribution in [0.3, 0.4) is 0 Å². The number of nitro groups is 1. The van der Waals surface area contributed by atoms with Crippen molar-refractivity contribution in [3.8, 4) is 11.1 Å². The van der Waals surface area contributed by atoms with Crippen LogP contribution in [0.5, 0.6) is 0 Å². The van der Waals surface area contributed by atoms with Gasteiger partial charge < -0.3 is 0 Å². The largest absolute Gasteiger partial charge is 0.234 e. The maximum atomic E-state index is 11.0. The van der Waals surface area contributed by atoms with Gasteiger partial charge in [-0.15, -0.1) is 0 Å². The van der Waals surface area contributed by atoms with Crippen LogP contribution < -0.4 is 0 Å². The number of para-hydroxylation sites is 1. The maximum Gasteiger partial charge on any atom is 0.169 e. The third-order valence-corrected chi connectivity index (χ3v) is 2.95. The number of aromatic nitrogens is 1. The Hall–Kier alpha value is -2.62. The lowest BCUT2D eigenvalue weighted by atomic mass is 10.0. The van der Waals surface area contributed by atoms with Gasteiger partial charge in [0.05, 0.1) is 6.20 Å². The van der Waals surface area contributed by atoms with Crippen molar-refractivity contribution in [2.45, 2.75) is 0 Å². The molecule has 0 amide bonds. The molecule has 0 unspecified atom stereocenters. The second-order valence-corrected chi connectivity index (χ2v) is 4.01. The van der Waals surface area contributed by atoms with Gasteiger partial charge in [-0.05, 0) is 11.6 Å². The molecule has 0 aliphatic heterocycles. The minimum absolute atomic E-state index is 0.408. The van der Waals surface area contributed by atoms with Crippen LogP contribution >= 0.6 is 0 Å². The number of rotatable bonds is 2. The molecule has 1 aromatic heterocycles. The van der Waals surface area contributed by atoms with Gasteiger partial charge in [0.15, 0.2) is 5.03 Å². The number of benzene rings is 2. The summed E-state index contributed by atoms with van der Waals surface area (Å²) in [5.41, 5.74) is 2.48. The van der Waals surface area contributed by atoms with Gasteiger partial charge in [0, 0.05) is 10.9 Å². The van der Waals surface area contributed by atoms with Crippen molar-refractivity contribution >= 4 is 10.9 Å². The molecule has 0 saturated carbocycles. The summed E-state index contributed by atoms with van der Waals surface area (Å²) in [6.07, 6.45) is 1.48. The molecule has 0 fully saturated rings. The summed E-state index contributed by atoms with van der Waals surface area (Å²) in [7, 11) is 0. The fraction of sp³-hybridized carbons (Fsp3) is 0. The zero-order chi connectivity index (χ0) is 12.5. The first-order valence-corrected chi connectivity index (χ1v) is 5.57. The summed E-state index contributed by atoms with van der Waals surface area (Å²) >= 11 is 0. The Morgan fingerprint density at radius 2 is 1.72 bits per heavy atom. The van der Waals surface area contributed by atoms with Crippen LogP contribution in [-0.4, -0.2) is 9.71 Å². The Bertz CT molecular complexity index is 717. The van der Waals surface area contributed by atoms with Crippen molar-refractivity contribution < 1.29 is 5.03 Å². The number of nitrogens with zero attached hydrogens (tertiary/aromatic N) is 2. The van der Waals surface area contributed by atoms with Gasteiger partial charge in [0.2, 0.25) is 0 Å². The normalized spacial score (nSPS) is 10.7. The molecular formula is C14H10N2O2. The first-order chi connectivity index (χ1) is 8.77. The Labute approximate surface area is 103 Å². The smallest absolute Gasteiger partial charge is 0.169 e. The zero-order valence-electron chi connectivity index (χ0n) is 9.48.